The van der Waals surface area contributed by atoms with Crippen LogP contribution in [0.25, 0.3) is 0 Å². The number of aryl methyl sites for hydroxylation is 1. The quantitative estimate of drug-likeness (QED) is 0.916. The maximum absolute atomic E-state index is 12.6. The molecule has 0 bridgehead atoms. The number of methoxy groups -OCH3 is 1. The molecule has 1 aliphatic heterocycles. The Hall–Kier alpha value is -2.37. The van der Waals surface area contributed by atoms with Crippen LogP contribution in [0.3, 0.4) is 0 Å². The van der Waals surface area contributed by atoms with Gasteiger partial charge >= 0.3 is 0 Å². The van der Waals surface area contributed by atoms with E-state index in [1.54, 1.807) is 7.11 Å². The third-order valence-corrected chi connectivity index (χ3v) is 4.59. The number of amides is 1. The summed E-state index contributed by atoms with van der Waals surface area (Å²) in [6.07, 6.45) is 3.97. The van der Waals surface area contributed by atoms with E-state index in [0.29, 0.717) is 12.5 Å². The van der Waals surface area contributed by atoms with Crippen molar-refractivity contribution < 1.29 is 9.53 Å². The van der Waals surface area contributed by atoms with Gasteiger partial charge in [-0.2, -0.15) is 0 Å². The number of carbonyl (C=O) groups excluding carboxylic acids is 1. The molecule has 1 atom stereocenters. The summed E-state index contributed by atoms with van der Waals surface area (Å²) in [5.41, 5.74) is 1.03. The first kappa shape index (κ1) is 14.2. The monoisotopic (exact) mass is 312 g/mol. The number of benzene rings is 1. The standard InChI is InChI=1S/C17H20N4O2/c1-23-13-4-2-3-11(9-13)10-18-17(22)14-7-8-15-19-20-16(21(14)15)12-5-6-12/h2-4,9,12,14H,5-8,10H2,1H3,(H,18,22). The Labute approximate surface area is 134 Å². The minimum atomic E-state index is -0.166. The second-order valence-corrected chi connectivity index (χ2v) is 6.24. The van der Waals surface area contributed by atoms with Crippen LogP contribution in [0.2, 0.25) is 0 Å². The zero-order valence-electron chi connectivity index (χ0n) is 13.2. The molecule has 1 unspecified atom stereocenters. The SMILES string of the molecule is COc1cccc(CNC(=O)C2CCc3nnc(C4CC4)n32)c1. The van der Waals surface area contributed by atoms with Crippen molar-refractivity contribution in [1.29, 1.82) is 0 Å². The summed E-state index contributed by atoms with van der Waals surface area (Å²) in [5, 5.41) is 11.6. The first-order valence-corrected chi connectivity index (χ1v) is 8.10. The Morgan fingerprint density at radius 2 is 2.22 bits per heavy atom. The van der Waals surface area contributed by atoms with Crippen LogP contribution in [0.4, 0.5) is 0 Å². The first-order valence-electron chi connectivity index (χ1n) is 8.10. The van der Waals surface area contributed by atoms with Crippen LogP contribution in [0.15, 0.2) is 24.3 Å². The highest BCUT2D eigenvalue weighted by molar-refractivity contribution is 5.81. The van der Waals surface area contributed by atoms with Gasteiger partial charge in [-0.1, -0.05) is 12.1 Å². The molecular formula is C17H20N4O2. The molecule has 1 aromatic carbocycles. The lowest BCUT2D eigenvalue weighted by Gasteiger charge is -2.15. The molecule has 4 rings (SSSR count). The molecule has 2 aliphatic rings. The third-order valence-electron chi connectivity index (χ3n) is 4.59. The van der Waals surface area contributed by atoms with Crippen molar-refractivity contribution in [3.8, 4) is 5.75 Å². The number of aromatic nitrogens is 3. The van der Waals surface area contributed by atoms with Crippen molar-refractivity contribution in [3.05, 3.63) is 41.5 Å². The van der Waals surface area contributed by atoms with Crippen LogP contribution in [-0.2, 0) is 17.8 Å². The van der Waals surface area contributed by atoms with Crippen LogP contribution in [0.5, 0.6) is 5.75 Å². The Kier molecular flexibility index (Phi) is 3.52. The Morgan fingerprint density at radius 1 is 1.35 bits per heavy atom. The van der Waals surface area contributed by atoms with Crippen molar-refractivity contribution in [2.45, 2.75) is 44.2 Å². The van der Waals surface area contributed by atoms with Gasteiger partial charge in [-0.25, -0.2) is 0 Å². The number of hydrogen-bond donors (Lipinski definition) is 1. The van der Waals surface area contributed by atoms with Crippen molar-refractivity contribution in [1.82, 2.24) is 20.1 Å². The number of nitrogens with zero attached hydrogens (tertiary/aromatic N) is 3. The summed E-state index contributed by atoms with van der Waals surface area (Å²) < 4.78 is 7.28. The summed E-state index contributed by atoms with van der Waals surface area (Å²) in [6, 6.07) is 7.58. The fourth-order valence-corrected chi connectivity index (χ4v) is 3.20. The van der Waals surface area contributed by atoms with Gasteiger partial charge in [-0.05, 0) is 37.0 Å². The molecule has 0 saturated heterocycles. The molecule has 0 radical (unpaired) electrons. The molecule has 120 valence electrons. The van der Waals surface area contributed by atoms with Crippen molar-refractivity contribution >= 4 is 5.91 Å². The zero-order chi connectivity index (χ0) is 15.8. The summed E-state index contributed by atoms with van der Waals surface area (Å²) >= 11 is 0. The maximum atomic E-state index is 12.6. The van der Waals surface area contributed by atoms with Gasteiger partial charge in [0.15, 0.2) is 0 Å². The van der Waals surface area contributed by atoms with E-state index in [9.17, 15) is 4.79 Å². The molecular weight excluding hydrogens is 292 g/mol. The van der Waals surface area contributed by atoms with Gasteiger partial charge in [-0.15, -0.1) is 10.2 Å². The van der Waals surface area contributed by atoms with E-state index in [0.717, 1.165) is 48.6 Å². The smallest absolute Gasteiger partial charge is 0.243 e. The summed E-state index contributed by atoms with van der Waals surface area (Å²) in [5.74, 6) is 3.30. The zero-order valence-corrected chi connectivity index (χ0v) is 13.2. The Morgan fingerprint density at radius 3 is 3.00 bits per heavy atom. The predicted molar refractivity (Wildman–Crippen MR) is 84.2 cm³/mol. The van der Waals surface area contributed by atoms with Gasteiger partial charge in [0.05, 0.1) is 7.11 Å². The number of nitrogens with one attached hydrogen (secondary N) is 1. The molecule has 23 heavy (non-hydrogen) atoms. The molecule has 1 amide bonds. The Bertz CT molecular complexity index is 736. The van der Waals surface area contributed by atoms with E-state index in [1.807, 2.05) is 24.3 Å². The van der Waals surface area contributed by atoms with E-state index in [-0.39, 0.29) is 11.9 Å². The molecule has 6 heteroatoms. The minimum absolute atomic E-state index is 0.0493. The average Bonchev–Trinajstić information content (AvgIpc) is 3.19. The predicted octanol–water partition coefficient (Wildman–Crippen LogP) is 1.97. The highest BCUT2D eigenvalue weighted by Crippen LogP contribution is 2.42. The van der Waals surface area contributed by atoms with Gasteiger partial charge in [0.25, 0.3) is 0 Å². The van der Waals surface area contributed by atoms with E-state index in [1.165, 1.54) is 0 Å². The highest BCUT2D eigenvalue weighted by atomic mass is 16.5. The third kappa shape index (κ3) is 2.69. The van der Waals surface area contributed by atoms with Crippen LogP contribution in [0.1, 0.15) is 48.4 Å². The minimum Gasteiger partial charge on any atom is -0.497 e. The lowest BCUT2D eigenvalue weighted by Crippen LogP contribution is -2.31. The van der Waals surface area contributed by atoms with E-state index in [2.05, 4.69) is 20.1 Å². The molecule has 1 saturated carbocycles. The number of ether oxygens (including phenoxy) is 1. The molecule has 1 aliphatic carbocycles. The molecule has 0 spiro atoms. The highest BCUT2D eigenvalue weighted by Gasteiger charge is 2.37. The fraction of sp³-hybridized carbons (Fsp3) is 0.471. The molecule has 1 fully saturated rings. The van der Waals surface area contributed by atoms with Crippen molar-refractivity contribution in [2.24, 2.45) is 0 Å². The van der Waals surface area contributed by atoms with Gasteiger partial charge in [-0.3, -0.25) is 4.79 Å². The lowest BCUT2D eigenvalue weighted by atomic mass is 10.1. The van der Waals surface area contributed by atoms with Gasteiger partial charge in [0.1, 0.15) is 23.4 Å². The Balaban J connectivity index is 1.45. The second-order valence-electron chi connectivity index (χ2n) is 6.24. The maximum Gasteiger partial charge on any atom is 0.243 e. The molecule has 2 aromatic rings. The molecule has 1 N–H and O–H groups in total. The van der Waals surface area contributed by atoms with Crippen LogP contribution >= 0.6 is 0 Å². The molecule has 1 aromatic heterocycles. The van der Waals surface area contributed by atoms with Gasteiger partial charge in [0, 0.05) is 18.9 Å². The van der Waals surface area contributed by atoms with Crippen molar-refractivity contribution in [2.75, 3.05) is 7.11 Å². The molecule has 6 nitrogen and oxygen atoms in total. The summed E-state index contributed by atoms with van der Waals surface area (Å²) in [7, 11) is 1.64. The first-order chi connectivity index (χ1) is 11.3. The van der Waals surface area contributed by atoms with Crippen LogP contribution in [-0.4, -0.2) is 27.8 Å². The summed E-state index contributed by atoms with van der Waals surface area (Å²) in [4.78, 5) is 12.6. The topological polar surface area (TPSA) is 69.0 Å². The van der Waals surface area contributed by atoms with Crippen LogP contribution in [0, 0.1) is 0 Å². The normalized spacial score (nSPS) is 19.4. The lowest BCUT2D eigenvalue weighted by molar-refractivity contribution is -0.124. The average molecular weight is 312 g/mol. The fourth-order valence-electron chi connectivity index (χ4n) is 3.20. The van der Waals surface area contributed by atoms with E-state index in [4.69, 9.17) is 4.74 Å². The van der Waals surface area contributed by atoms with Crippen molar-refractivity contribution in [3.63, 3.8) is 0 Å². The van der Waals surface area contributed by atoms with Crippen LogP contribution < -0.4 is 10.1 Å². The largest absolute Gasteiger partial charge is 0.497 e. The van der Waals surface area contributed by atoms with Gasteiger partial charge < -0.3 is 14.6 Å². The number of hydrogen-bond acceptors (Lipinski definition) is 4. The number of fused-ring (bicyclic) bond motifs is 1. The second kappa shape index (κ2) is 5.68. The van der Waals surface area contributed by atoms with E-state index < -0.39 is 0 Å². The van der Waals surface area contributed by atoms with Gasteiger partial charge in [0.2, 0.25) is 5.91 Å². The van der Waals surface area contributed by atoms with E-state index >= 15 is 0 Å². The molecule has 2 heterocycles. The number of rotatable bonds is 5. The number of carbonyl (C=O) groups is 1. The summed E-state index contributed by atoms with van der Waals surface area (Å²) in [6.45, 7) is 0.503.